The van der Waals surface area contributed by atoms with Crippen LogP contribution in [0.4, 0.5) is 0 Å². The molecule has 0 radical (unpaired) electrons. The van der Waals surface area contributed by atoms with Gasteiger partial charge in [0.2, 0.25) is 5.91 Å². The number of hydrogen-bond acceptors (Lipinski definition) is 4. The van der Waals surface area contributed by atoms with Gasteiger partial charge in [0.25, 0.3) is 0 Å². The largest absolute Gasteiger partial charge is 0.340 e. The van der Waals surface area contributed by atoms with Crippen molar-refractivity contribution in [1.29, 1.82) is 0 Å². The highest BCUT2D eigenvalue weighted by Gasteiger charge is 2.41. The summed E-state index contributed by atoms with van der Waals surface area (Å²) in [4.78, 5) is 22.8. The van der Waals surface area contributed by atoms with Crippen molar-refractivity contribution in [3.63, 3.8) is 0 Å². The second-order valence-corrected chi connectivity index (χ2v) is 6.59. The fourth-order valence-corrected chi connectivity index (χ4v) is 4.03. The Labute approximate surface area is 125 Å². The molecule has 1 amide bonds. The lowest BCUT2D eigenvalue weighted by atomic mass is 9.65. The van der Waals surface area contributed by atoms with Gasteiger partial charge >= 0.3 is 0 Å². The fraction of sp³-hybridized carbons (Fsp3) is 0.688. The zero-order valence-electron chi connectivity index (χ0n) is 12.6. The van der Waals surface area contributed by atoms with Crippen molar-refractivity contribution in [1.82, 2.24) is 14.9 Å². The first-order valence-corrected chi connectivity index (χ1v) is 7.90. The van der Waals surface area contributed by atoms with Crippen molar-refractivity contribution in [3.8, 4) is 0 Å². The summed E-state index contributed by atoms with van der Waals surface area (Å²) in [5, 5.41) is 0. The lowest BCUT2D eigenvalue weighted by molar-refractivity contribution is -0.137. The van der Waals surface area contributed by atoms with Gasteiger partial charge in [0.1, 0.15) is 0 Å². The lowest BCUT2D eigenvalue weighted by Gasteiger charge is -2.44. The molecule has 2 bridgehead atoms. The van der Waals surface area contributed by atoms with Crippen molar-refractivity contribution in [2.24, 2.45) is 23.5 Å². The van der Waals surface area contributed by atoms with Crippen LogP contribution in [-0.4, -0.2) is 33.9 Å². The molecule has 2 N–H and O–H groups in total. The number of amides is 1. The predicted molar refractivity (Wildman–Crippen MR) is 80.0 cm³/mol. The Balaban J connectivity index is 1.62. The molecular formula is C16H24N4O. The molecule has 2 aliphatic carbocycles. The van der Waals surface area contributed by atoms with E-state index in [1.54, 1.807) is 23.5 Å². The minimum atomic E-state index is 0.141. The molecule has 1 heterocycles. The zero-order valence-corrected chi connectivity index (χ0v) is 12.6. The standard InChI is InChI=1S/C16H24N4O/c1-20(10-14-9-18-5-6-19-14)16(21)13-7-11-3-2-4-12(8-13)15(11)17/h5-6,9,11-13,15H,2-4,7-8,10,17H2,1H3. The van der Waals surface area contributed by atoms with Crippen LogP contribution in [0.1, 0.15) is 37.8 Å². The molecule has 21 heavy (non-hydrogen) atoms. The summed E-state index contributed by atoms with van der Waals surface area (Å²) in [6.45, 7) is 0.532. The van der Waals surface area contributed by atoms with Crippen molar-refractivity contribution in [2.45, 2.75) is 44.7 Å². The van der Waals surface area contributed by atoms with Gasteiger partial charge in [0.15, 0.2) is 0 Å². The summed E-state index contributed by atoms with van der Waals surface area (Å²) in [5.41, 5.74) is 7.14. The number of carbonyl (C=O) groups is 1. The van der Waals surface area contributed by atoms with Gasteiger partial charge in [0, 0.05) is 31.4 Å². The summed E-state index contributed by atoms with van der Waals surface area (Å²) in [6.07, 6.45) is 10.6. The Morgan fingerprint density at radius 1 is 1.33 bits per heavy atom. The Hall–Kier alpha value is -1.49. The molecular weight excluding hydrogens is 264 g/mol. The lowest BCUT2D eigenvalue weighted by Crippen LogP contribution is -2.49. The fourth-order valence-electron chi connectivity index (χ4n) is 4.03. The van der Waals surface area contributed by atoms with E-state index in [1.807, 2.05) is 7.05 Å². The number of hydrogen-bond donors (Lipinski definition) is 1. The molecule has 2 saturated carbocycles. The Kier molecular flexibility index (Phi) is 4.19. The maximum Gasteiger partial charge on any atom is 0.225 e. The highest BCUT2D eigenvalue weighted by molar-refractivity contribution is 5.78. The van der Waals surface area contributed by atoms with E-state index in [-0.39, 0.29) is 11.8 Å². The number of nitrogens with two attached hydrogens (primary N) is 1. The second kappa shape index (κ2) is 6.10. The molecule has 2 aliphatic rings. The van der Waals surface area contributed by atoms with Crippen molar-refractivity contribution < 1.29 is 4.79 Å². The van der Waals surface area contributed by atoms with E-state index < -0.39 is 0 Å². The summed E-state index contributed by atoms with van der Waals surface area (Å²) >= 11 is 0. The van der Waals surface area contributed by atoms with Gasteiger partial charge in [0.05, 0.1) is 18.4 Å². The van der Waals surface area contributed by atoms with E-state index in [1.165, 1.54) is 19.3 Å². The van der Waals surface area contributed by atoms with Crippen LogP contribution >= 0.6 is 0 Å². The zero-order chi connectivity index (χ0) is 14.8. The molecule has 114 valence electrons. The molecule has 0 aromatic carbocycles. The van der Waals surface area contributed by atoms with Crippen LogP contribution in [0.15, 0.2) is 18.6 Å². The minimum absolute atomic E-state index is 0.141. The van der Waals surface area contributed by atoms with Gasteiger partial charge in [-0.1, -0.05) is 6.42 Å². The molecule has 1 aromatic heterocycles. The predicted octanol–water partition coefficient (Wildman–Crippen LogP) is 1.59. The van der Waals surface area contributed by atoms with Crippen molar-refractivity contribution in [2.75, 3.05) is 7.05 Å². The molecule has 0 saturated heterocycles. The summed E-state index contributed by atoms with van der Waals surface area (Å²) in [5.74, 6) is 1.46. The topological polar surface area (TPSA) is 72.1 Å². The Bertz CT molecular complexity index is 478. The Morgan fingerprint density at radius 3 is 2.67 bits per heavy atom. The summed E-state index contributed by atoms with van der Waals surface area (Å²) in [6, 6.07) is 0.313. The van der Waals surface area contributed by atoms with E-state index in [9.17, 15) is 4.79 Å². The van der Waals surface area contributed by atoms with Gasteiger partial charge in [-0.25, -0.2) is 0 Å². The maximum atomic E-state index is 12.7. The first-order chi connectivity index (χ1) is 10.1. The first-order valence-electron chi connectivity index (χ1n) is 7.90. The summed E-state index contributed by atoms with van der Waals surface area (Å²) in [7, 11) is 1.86. The van der Waals surface area contributed by atoms with E-state index in [0.717, 1.165) is 18.5 Å². The molecule has 5 nitrogen and oxygen atoms in total. The third-order valence-corrected chi connectivity index (χ3v) is 5.15. The van der Waals surface area contributed by atoms with Gasteiger partial charge in [-0.3, -0.25) is 14.8 Å². The second-order valence-electron chi connectivity index (χ2n) is 6.59. The molecule has 2 fully saturated rings. The van der Waals surface area contributed by atoms with Gasteiger partial charge < -0.3 is 10.6 Å². The maximum absolute atomic E-state index is 12.7. The molecule has 3 rings (SSSR count). The molecule has 0 spiro atoms. The molecule has 0 aliphatic heterocycles. The van der Waals surface area contributed by atoms with Crippen LogP contribution in [0, 0.1) is 17.8 Å². The van der Waals surface area contributed by atoms with E-state index in [4.69, 9.17) is 5.73 Å². The number of nitrogens with zero attached hydrogens (tertiary/aromatic N) is 3. The van der Waals surface area contributed by atoms with Gasteiger partial charge in [-0.15, -0.1) is 0 Å². The highest BCUT2D eigenvalue weighted by atomic mass is 16.2. The molecule has 1 aromatic rings. The number of rotatable bonds is 3. The van der Waals surface area contributed by atoms with Crippen molar-refractivity contribution >= 4 is 5.91 Å². The number of fused-ring (bicyclic) bond motifs is 2. The van der Waals surface area contributed by atoms with E-state index in [0.29, 0.717) is 24.4 Å². The first kappa shape index (κ1) is 14.4. The smallest absolute Gasteiger partial charge is 0.225 e. The van der Waals surface area contributed by atoms with Crippen LogP contribution in [-0.2, 0) is 11.3 Å². The number of aromatic nitrogens is 2. The van der Waals surface area contributed by atoms with Gasteiger partial charge in [-0.05, 0) is 37.5 Å². The SMILES string of the molecule is CN(Cc1cnccn1)C(=O)C1CC2CCCC(C1)C2N. The van der Waals surface area contributed by atoms with Crippen LogP contribution < -0.4 is 5.73 Å². The third-order valence-electron chi connectivity index (χ3n) is 5.15. The van der Waals surface area contributed by atoms with Crippen LogP contribution in [0.3, 0.4) is 0 Å². The monoisotopic (exact) mass is 288 g/mol. The molecule has 5 heteroatoms. The van der Waals surface area contributed by atoms with Crippen LogP contribution in [0.5, 0.6) is 0 Å². The minimum Gasteiger partial charge on any atom is -0.340 e. The summed E-state index contributed by atoms with van der Waals surface area (Å²) < 4.78 is 0. The van der Waals surface area contributed by atoms with Crippen LogP contribution in [0.2, 0.25) is 0 Å². The third kappa shape index (κ3) is 3.07. The number of carbonyl (C=O) groups excluding carboxylic acids is 1. The average molecular weight is 288 g/mol. The van der Waals surface area contributed by atoms with E-state index >= 15 is 0 Å². The highest BCUT2D eigenvalue weighted by Crippen LogP contribution is 2.42. The quantitative estimate of drug-likeness (QED) is 0.916. The normalized spacial score (nSPS) is 31.7. The molecule has 2 atom stereocenters. The van der Waals surface area contributed by atoms with Crippen molar-refractivity contribution in [3.05, 3.63) is 24.3 Å². The van der Waals surface area contributed by atoms with Crippen LogP contribution in [0.25, 0.3) is 0 Å². The average Bonchev–Trinajstić information content (AvgIpc) is 2.47. The molecule has 2 unspecified atom stereocenters. The van der Waals surface area contributed by atoms with E-state index in [2.05, 4.69) is 9.97 Å². The van der Waals surface area contributed by atoms with Gasteiger partial charge in [-0.2, -0.15) is 0 Å². The Morgan fingerprint density at radius 2 is 2.05 bits per heavy atom.